The van der Waals surface area contributed by atoms with Gasteiger partial charge in [-0.15, -0.1) is 0 Å². The predicted molar refractivity (Wildman–Crippen MR) is 113 cm³/mol. The van der Waals surface area contributed by atoms with Crippen molar-refractivity contribution >= 4 is 40.2 Å². The first-order chi connectivity index (χ1) is 13.4. The Kier molecular flexibility index (Phi) is 6.31. The van der Waals surface area contributed by atoms with E-state index in [0.29, 0.717) is 11.3 Å². The Hall–Kier alpha value is -2.86. The third-order valence-electron chi connectivity index (χ3n) is 4.00. The Morgan fingerprint density at radius 3 is 2.54 bits per heavy atom. The number of rotatable bonds is 6. The van der Waals surface area contributed by atoms with Crippen LogP contribution < -0.4 is 5.32 Å². The molecule has 3 rings (SSSR count). The van der Waals surface area contributed by atoms with Gasteiger partial charge in [-0.1, -0.05) is 30.0 Å². The summed E-state index contributed by atoms with van der Waals surface area (Å²) in [5.41, 5.74) is 3.15. The van der Waals surface area contributed by atoms with Gasteiger partial charge in [-0.25, -0.2) is 9.78 Å². The molecule has 0 radical (unpaired) electrons. The number of pyridine rings is 1. The standard InChI is InChI=1S/C22H22N2O3S/c1-14(2)27-22(26)16-8-10-17(11-9-16)23-20(25)13-28-21-12-15(3)18-6-4-5-7-19(18)24-21/h4-12,14H,13H2,1-3H3,(H,23,25). The van der Waals surface area contributed by atoms with Crippen molar-refractivity contribution in [3.05, 3.63) is 65.7 Å². The molecular weight excluding hydrogens is 372 g/mol. The summed E-state index contributed by atoms with van der Waals surface area (Å²) < 4.78 is 5.15. The average molecular weight is 394 g/mol. The fourth-order valence-corrected chi connectivity index (χ4v) is 3.47. The third kappa shape index (κ3) is 5.10. The van der Waals surface area contributed by atoms with Crippen LogP contribution in [-0.4, -0.2) is 28.7 Å². The van der Waals surface area contributed by atoms with Crippen LogP contribution in [0, 0.1) is 6.92 Å². The highest BCUT2D eigenvalue weighted by atomic mass is 32.2. The number of aromatic nitrogens is 1. The van der Waals surface area contributed by atoms with Crippen LogP contribution in [0.1, 0.15) is 29.8 Å². The van der Waals surface area contributed by atoms with Gasteiger partial charge in [0.05, 0.1) is 28.0 Å². The maximum Gasteiger partial charge on any atom is 0.338 e. The number of carbonyl (C=O) groups is 2. The molecule has 1 aromatic heterocycles. The Morgan fingerprint density at radius 1 is 1.11 bits per heavy atom. The Balaban J connectivity index is 1.58. The smallest absolute Gasteiger partial charge is 0.338 e. The van der Waals surface area contributed by atoms with Gasteiger partial charge in [0.15, 0.2) is 0 Å². The van der Waals surface area contributed by atoms with E-state index in [1.54, 1.807) is 38.1 Å². The third-order valence-corrected chi connectivity index (χ3v) is 4.91. The highest BCUT2D eigenvalue weighted by molar-refractivity contribution is 7.99. The lowest BCUT2D eigenvalue weighted by molar-refractivity contribution is -0.113. The fourth-order valence-electron chi connectivity index (χ4n) is 2.70. The maximum absolute atomic E-state index is 12.2. The molecule has 1 heterocycles. The van der Waals surface area contributed by atoms with Gasteiger partial charge in [-0.3, -0.25) is 4.79 Å². The molecule has 0 aliphatic heterocycles. The number of esters is 1. The SMILES string of the molecule is Cc1cc(SCC(=O)Nc2ccc(C(=O)OC(C)C)cc2)nc2ccccc12. The lowest BCUT2D eigenvalue weighted by Gasteiger charge is -2.09. The van der Waals surface area contributed by atoms with Crippen molar-refractivity contribution in [3.63, 3.8) is 0 Å². The lowest BCUT2D eigenvalue weighted by Crippen LogP contribution is -2.15. The second kappa shape index (κ2) is 8.89. The summed E-state index contributed by atoms with van der Waals surface area (Å²) in [5.74, 6) is -0.252. The zero-order chi connectivity index (χ0) is 20.1. The van der Waals surface area contributed by atoms with E-state index in [4.69, 9.17) is 4.74 Å². The van der Waals surface area contributed by atoms with E-state index in [-0.39, 0.29) is 23.7 Å². The van der Waals surface area contributed by atoms with Crippen molar-refractivity contribution < 1.29 is 14.3 Å². The van der Waals surface area contributed by atoms with Crippen molar-refractivity contribution in [3.8, 4) is 0 Å². The fraction of sp³-hybridized carbons (Fsp3) is 0.227. The molecule has 5 nitrogen and oxygen atoms in total. The number of hydrogen-bond acceptors (Lipinski definition) is 5. The number of nitrogens with one attached hydrogen (secondary N) is 1. The first-order valence-electron chi connectivity index (χ1n) is 9.02. The second-order valence-electron chi connectivity index (χ2n) is 6.66. The number of benzene rings is 2. The van der Waals surface area contributed by atoms with Crippen LogP contribution in [0.5, 0.6) is 0 Å². The molecule has 6 heteroatoms. The van der Waals surface area contributed by atoms with Gasteiger partial charge in [0.1, 0.15) is 0 Å². The molecule has 0 saturated heterocycles. The molecule has 1 amide bonds. The lowest BCUT2D eigenvalue weighted by atomic mass is 10.1. The van der Waals surface area contributed by atoms with E-state index in [9.17, 15) is 9.59 Å². The summed E-state index contributed by atoms with van der Waals surface area (Å²) in [6.07, 6.45) is -0.170. The number of para-hydroxylation sites is 1. The zero-order valence-electron chi connectivity index (χ0n) is 16.1. The van der Waals surface area contributed by atoms with Crippen LogP contribution in [0.4, 0.5) is 5.69 Å². The highest BCUT2D eigenvalue weighted by Crippen LogP contribution is 2.23. The molecule has 0 unspecified atom stereocenters. The molecule has 0 fully saturated rings. The quantitative estimate of drug-likeness (QED) is 0.479. The van der Waals surface area contributed by atoms with Gasteiger partial charge >= 0.3 is 5.97 Å². The molecule has 0 aliphatic carbocycles. The minimum Gasteiger partial charge on any atom is -0.459 e. The largest absolute Gasteiger partial charge is 0.459 e. The highest BCUT2D eigenvalue weighted by Gasteiger charge is 2.10. The van der Waals surface area contributed by atoms with Crippen molar-refractivity contribution in [1.82, 2.24) is 4.98 Å². The summed E-state index contributed by atoms with van der Waals surface area (Å²) in [5, 5.41) is 4.77. The monoisotopic (exact) mass is 394 g/mol. The molecule has 0 bridgehead atoms. The van der Waals surface area contributed by atoms with E-state index in [1.807, 2.05) is 37.3 Å². The molecule has 0 atom stereocenters. The van der Waals surface area contributed by atoms with Gasteiger partial charge in [0.2, 0.25) is 5.91 Å². The molecule has 144 valence electrons. The Labute approximate surface area is 168 Å². The van der Waals surface area contributed by atoms with E-state index in [2.05, 4.69) is 10.3 Å². The van der Waals surface area contributed by atoms with Crippen molar-refractivity contribution in [2.75, 3.05) is 11.1 Å². The minimum atomic E-state index is -0.374. The van der Waals surface area contributed by atoms with E-state index < -0.39 is 0 Å². The van der Waals surface area contributed by atoms with Crippen LogP contribution in [0.2, 0.25) is 0 Å². The Morgan fingerprint density at radius 2 is 1.82 bits per heavy atom. The number of ether oxygens (including phenoxy) is 1. The van der Waals surface area contributed by atoms with Crippen LogP contribution >= 0.6 is 11.8 Å². The summed E-state index contributed by atoms with van der Waals surface area (Å²) in [4.78, 5) is 28.7. The Bertz CT molecular complexity index is 1000. The van der Waals surface area contributed by atoms with Gasteiger partial charge in [-0.05, 0) is 62.7 Å². The van der Waals surface area contributed by atoms with Crippen LogP contribution in [0.3, 0.4) is 0 Å². The summed E-state index contributed by atoms with van der Waals surface area (Å²) >= 11 is 1.39. The van der Waals surface area contributed by atoms with E-state index >= 15 is 0 Å². The molecule has 3 aromatic rings. The zero-order valence-corrected chi connectivity index (χ0v) is 16.9. The van der Waals surface area contributed by atoms with Crippen molar-refractivity contribution in [1.29, 1.82) is 0 Å². The molecular formula is C22H22N2O3S. The molecule has 2 aromatic carbocycles. The van der Waals surface area contributed by atoms with E-state index in [1.165, 1.54) is 11.8 Å². The molecule has 1 N–H and O–H groups in total. The second-order valence-corrected chi connectivity index (χ2v) is 7.66. The molecule has 28 heavy (non-hydrogen) atoms. The molecule has 0 saturated carbocycles. The predicted octanol–water partition coefficient (Wildman–Crippen LogP) is 4.84. The molecule has 0 spiro atoms. The van der Waals surface area contributed by atoms with Crippen LogP contribution in [-0.2, 0) is 9.53 Å². The van der Waals surface area contributed by atoms with Gasteiger partial charge in [0.25, 0.3) is 0 Å². The first-order valence-corrected chi connectivity index (χ1v) is 10.0. The number of anilines is 1. The molecule has 0 aliphatic rings. The number of aryl methyl sites for hydroxylation is 1. The van der Waals surface area contributed by atoms with Gasteiger partial charge in [0, 0.05) is 11.1 Å². The average Bonchev–Trinajstić information content (AvgIpc) is 2.66. The number of carbonyl (C=O) groups excluding carboxylic acids is 2. The number of thioether (sulfide) groups is 1. The number of amides is 1. The van der Waals surface area contributed by atoms with Crippen LogP contribution in [0.25, 0.3) is 10.9 Å². The summed E-state index contributed by atoms with van der Waals surface area (Å²) in [7, 11) is 0. The van der Waals surface area contributed by atoms with Crippen LogP contribution in [0.15, 0.2) is 59.6 Å². The number of nitrogens with zero attached hydrogens (tertiary/aromatic N) is 1. The number of fused-ring (bicyclic) bond motifs is 1. The van der Waals surface area contributed by atoms with E-state index in [0.717, 1.165) is 21.5 Å². The maximum atomic E-state index is 12.2. The normalized spacial score (nSPS) is 10.9. The first kappa shape index (κ1) is 19.9. The van der Waals surface area contributed by atoms with Crippen molar-refractivity contribution in [2.24, 2.45) is 0 Å². The minimum absolute atomic E-state index is 0.130. The van der Waals surface area contributed by atoms with Gasteiger partial charge < -0.3 is 10.1 Å². The summed E-state index contributed by atoms with van der Waals surface area (Å²) in [6.45, 7) is 5.64. The van der Waals surface area contributed by atoms with Gasteiger partial charge in [-0.2, -0.15) is 0 Å². The number of hydrogen-bond donors (Lipinski definition) is 1. The topological polar surface area (TPSA) is 68.3 Å². The van der Waals surface area contributed by atoms with Crippen molar-refractivity contribution in [2.45, 2.75) is 31.9 Å². The summed E-state index contributed by atoms with van der Waals surface area (Å²) in [6, 6.07) is 16.6.